The molecular weight excluding hydrogens is 363 g/mol. The van der Waals surface area contributed by atoms with Gasteiger partial charge in [-0.25, -0.2) is 9.37 Å². The number of morpholine rings is 1. The van der Waals surface area contributed by atoms with E-state index in [2.05, 4.69) is 4.98 Å². The van der Waals surface area contributed by atoms with Crippen molar-refractivity contribution in [2.24, 2.45) is 0 Å². The molecule has 1 aliphatic heterocycles. The third-order valence-corrected chi connectivity index (χ3v) is 5.78. The van der Waals surface area contributed by atoms with Gasteiger partial charge >= 0.3 is 0 Å². The predicted molar refractivity (Wildman–Crippen MR) is 103 cm³/mol. The summed E-state index contributed by atoms with van der Waals surface area (Å²) in [6.07, 6.45) is -0.125. The molecule has 4 rings (SSSR count). The number of halogens is 1. The number of aryl methyl sites for hydroxylation is 1. The Morgan fingerprint density at radius 2 is 2.04 bits per heavy atom. The summed E-state index contributed by atoms with van der Waals surface area (Å²) in [6.45, 7) is 3.38. The normalized spacial score (nSPS) is 17.1. The molecule has 0 radical (unpaired) electrons. The van der Waals surface area contributed by atoms with Crippen molar-refractivity contribution in [3.8, 4) is 10.6 Å². The second-order valence-corrected chi connectivity index (χ2v) is 7.46. The molecule has 1 aliphatic rings. The number of amides is 1. The molecule has 4 nitrogen and oxygen atoms in total. The molecule has 0 unspecified atom stereocenters. The Labute approximate surface area is 161 Å². The molecule has 0 N–H and O–H groups in total. The number of nitrogens with zero attached hydrogens (tertiary/aromatic N) is 2. The molecule has 1 atom stereocenters. The van der Waals surface area contributed by atoms with Crippen molar-refractivity contribution in [3.63, 3.8) is 0 Å². The lowest BCUT2D eigenvalue weighted by Gasteiger charge is -2.33. The molecule has 1 fully saturated rings. The molecule has 138 valence electrons. The summed E-state index contributed by atoms with van der Waals surface area (Å²) in [5.74, 6) is -0.357. The number of ether oxygens (including phenoxy) is 1. The lowest BCUT2D eigenvalue weighted by Crippen LogP contribution is -2.42. The molecule has 0 aliphatic carbocycles. The van der Waals surface area contributed by atoms with Gasteiger partial charge in [-0.15, -0.1) is 11.3 Å². The summed E-state index contributed by atoms with van der Waals surface area (Å²) >= 11 is 1.31. The topological polar surface area (TPSA) is 42.4 Å². The van der Waals surface area contributed by atoms with Crippen LogP contribution >= 0.6 is 11.3 Å². The molecule has 0 spiro atoms. The van der Waals surface area contributed by atoms with Crippen molar-refractivity contribution in [2.45, 2.75) is 13.0 Å². The summed E-state index contributed by atoms with van der Waals surface area (Å²) in [4.78, 5) is 20.0. The quantitative estimate of drug-likeness (QED) is 0.671. The SMILES string of the molecule is Cc1nc(-c2cccc(F)c2)sc1C(=O)N1CCO[C@H](c2ccccc2)C1. The molecule has 0 bridgehead atoms. The van der Waals surface area contributed by atoms with E-state index in [0.717, 1.165) is 5.56 Å². The van der Waals surface area contributed by atoms with Gasteiger partial charge in [-0.1, -0.05) is 42.5 Å². The van der Waals surface area contributed by atoms with Crippen molar-refractivity contribution in [1.82, 2.24) is 9.88 Å². The van der Waals surface area contributed by atoms with Gasteiger partial charge in [0.25, 0.3) is 5.91 Å². The number of benzene rings is 2. The van der Waals surface area contributed by atoms with Gasteiger partial charge in [-0.3, -0.25) is 4.79 Å². The largest absolute Gasteiger partial charge is 0.370 e. The Morgan fingerprint density at radius 3 is 2.81 bits per heavy atom. The fourth-order valence-corrected chi connectivity index (χ4v) is 4.22. The Balaban J connectivity index is 1.56. The van der Waals surface area contributed by atoms with Crippen LogP contribution in [0.3, 0.4) is 0 Å². The molecule has 1 aromatic heterocycles. The number of carbonyl (C=O) groups is 1. The van der Waals surface area contributed by atoms with Gasteiger partial charge in [-0.2, -0.15) is 0 Å². The van der Waals surface area contributed by atoms with E-state index in [1.165, 1.54) is 23.5 Å². The molecular formula is C21H19FN2O2S. The Bertz CT molecular complexity index is 958. The molecule has 1 amide bonds. The van der Waals surface area contributed by atoms with Gasteiger partial charge in [0, 0.05) is 12.1 Å². The molecule has 27 heavy (non-hydrogen) atoms. The van der Waals surface area contributed by atoms with Crippen LogP contribution in [0.1, 0.15) is 27.0 Å². The third-order valence-electron chi connectivity index (χ3n) is 4.59. The van der Waals surface area contributed by atoms with Gasteiger partial charge in [0.2, 0.25) is 0 Å². The first-order valence-electron chi connectivity index (χ1n) is 8.81. The van der Waals surface area contributed by atoms with Crippen molar-refractivity contribution in [1.29, 1.82) is 0 Å². The lowest BCUT2D eigenvalue weighted by molar-refractivity contribution is -0.0226. The third kappa shape index (κ3) is 3.77. The van der Waals surface area contributed by atoms with E-state index in [1.54, 1.807) is 12.1 Å². The minimum Gasteiger partial charge on any atom is -0.370 e. The van der Waals surface area contributed by atoms with E-state index >= 15 is 0 Å². The summed E-state index contributed by atoms with van der Waals surface area (Å²) in [5.41, 5.74) is 2.43. The van der Waals surface area contributed by atoms with Crippen LogP contribution in [0.15, 0.2) is 54.6 Å². The zero-order valence-electron chi connectivity index (χ0n) is 14.9. The molecule has 3 aromatic rings. The van der Waals surface area contributed by atoms with Crippen molar-refractivity contribution in [2.75, 3.05) is 19.7 Å². The van der Waals surface area contributed by atoms with Gasteiger partial charge in [-0.05, 0) is 24.6 Å². The fraction of sp³-hybridized carbons (Fsp3) is 0.238. The van der Waals surface area contributed by atoms with E-state index in [9.17, 15) is 9.18 Å². The smallest absolute Gasteiger partial charge is 0.266 e. The first kappa shape index (κ1) is 17.8. The van der Waals surface area contributed by atoms with Crippen LogP contribution in [-0.4, -0.2) is 35.5 Å². The van der Waals surface area contributed by atoms with E-state index in [-0.39, 0.29) is 17.8 Å². The maximum absolute atomic E-state index is 13.5. The number of hydrogen-bond donors (Lipinski definition) is 0. The second kappa shape index (κ2) is 7.58. The molecule has 1 saturated heterocycles. The zero-order chi connectivity index (χ0) is 18.8. The molecule has 2 aromatic carbocycles. The van der Waals surface area contributed by atoms with Crippen LogP contribution in [0, 0.1) is 12.7 Å². The van der Waals surface area contributed by atoms with Gasteiger partial charge < -0.3 is 9.64 Å². The Kier molecular flexibility index (Phi) is 5.01. The minimum absolute atomic E-state index is 0.0446. The summed E-state index contributed by atoms with van der Waals surface area (Å²) in [7, 11) is 0. The first-order valence-corrected chi connectivity index (χ1v) is 9.62. The number of hydrogen-bond acceptors (Lipinski definition) is 4. The van der Waals surface area contributed by atoms with E-state index in [1.807, 2.05) is 42.2 Å². The van der Waals surface area contributed by atoms with Crippen LogP contribution in [0.2, 0.25) is 0 Å². The van der Waals surface area contributed by atoms with E-state index in [0.29, 0.717) is 40.8 Å². The van der Waals surface area contributed by atoms with E-state index < -0.39 is 0 Å². The van der Waals surface area contributed by atoms with E-state index in [4.69, 9.17) is 4.74 Å². The van der Waals surface area contributed by atoms with Crippen molar-refractivity contribution in [3.05, 3.63) is 76.5 Å². The van der Waals surface area contributed by atoms with Gasteiger partial charge in [0.15, 0.2) is 0 Å². The number of carbonyl (C=O) groups excluding carboxylic acids is 1. The Hall–Kier alpha value is -2.57. The summed E-state index contributed by atoms with van der Waals surface area (Å²) < 4.78 is 19.4. The maximum Gasteiger partial charge on any atom is 0.266 e. The lowest BCUT2D eigenvalue weighted by atomic mass is 10.1. The highest BCUT2D eigenvalue weighted by Crippen LogP contribution is 2.30. The standard InChI is InChI=1S/C21H19FN2O2S/c1-14-19(27-20(23-14)16-8-5-9-17(22)12-16)21(25)24-10-11-26-18(13-24)15-6-3-2-4-7-15/h2-9,12,18H,10-11,13H2,1H3/t18-/m0/s1. The van der Waals surface area contributed by atoms with Crippen LogP contribution < -0.4 is 0 Å². The fourth-order valence-electron chi connectivity index (χ4n) is 3.19. The average Bonchev–Trinajstić information content (AvgIpc) is 3.10. The number of aromatic nitrogens is 1. The number of thiazole rings is 1. The minimum atomic E-state index is -0.313. The number of rotatable bonds is 3. The molecule has 0 saturated carbocycles. The summed E-state index contributed by atoms with van der Waals surface area (Å²) in [5, 5.41) is 0.656. The highest BCUT2D eigenvalue weighted by molar-refractivity contribution is 7.17. The van der Waals surface area contributed by atoms with Crippen LogP contribution in [0.5, 0.6) is 0 Å². The van der Waals surface area contributed by atoms with Gasteiger partial charge in [0.1, 0.15) is 21.8 Å². The van der Waals surface area contributed by atoms with Crippen LogP contribution in [0.4, 0.5) is 4.39 Å². The average molecular weight is 382 g/mol. The summed E-state index contributed by atoms with van der Waals surface area (Å²) in [6, 6.07) is 16.2. The molecule has 2 heterocycles. The monoisotopic (exact) mass is 382 g/mol. The predicted octanol–water partition coefficient (Wildman–Crippen LogP) is 4.47. The second-order valence-electron chi connectivity index (χ2n) is 6.47. The molecule has 6 heteroatoms. The first-order chi connectivity index (χ1) is 13.1. The van der Waals surface area contributed by atoms with Crippen molar-refractivity contribution >= 4 is 17.2 Å². The zero-order valence-corrected chi connectivity index (χ0v) is 15.7. The van der Waals surface area contributed by atoms with Crippen LogP contribution in [0.25, 0.3) is 10.6 Å². The Morgan fingerprint density at radius 1 is 1.22 bits per heavy atom. The van der Waals surface area contributed by atoms with Crippen LogP contribution in [-0.2, 0) is 4.74 Å². The highest BCUT2D eigenvalue weighted by atomic mass is 32.1. The van der Waals surface area contributed by atoms with Gasteiger partial charge in [0.05, 0.1) is 18.8 Å². The highest BCUT2D eigenvalue weighted by Gasteiger charge is 2.28. The maximum atomic E-state index is 13.5. The van der Waals surface area contributed by atoms with Crippen molar-refractivity contribution < 1.29 is 13.9 Å².